The predicted octanol–water partition coefficient (Wildman–Crippen LogP) is 6.51. The van der Waals surface area contributed by atoms with Crippen molar-refractivity contribution in [1.82, 2.24) is 30.0 Å². The van der Waals surface area contributed by atoms with Crippen LogP contribution in [0.1, 0.15) is 41.5 Å². The number of methoxy groups -OCH3 is 2. The van der Waals surface area contributed by atoms with Crippen LogP contribution in [-0.2, 0) is 17.9 Å². The summed E-state index contributed by atoms with van der Waals surface area (Å²) in [5, 5.41) is 17.2. The SMILES string of the molecule is COc1ccc(C=C2CCCC(=Cc3ccc(OC)c(Cn4nnc5ccccc54)c3)C2=O)cc1Cn1nnc2ccccc21. The highest BCUT2D eigenvalue weighted by Crippen LogP contribution is 2.31. The summed E-state index contributed by atoms with van der Waals surface area (Å²) in [6, 6.07) is 27.8. The van der Waals surface area contributed by atoms with Gasteiger partial charge in [0.15, 0.2) is 5.78 Å². The molecule has 0 amide bonds. The minimum atomic E-state index is 0.0838. The number of aromatic nitrogens is 6. The van der Waals surface area contributed by atoms with Crippen molar-refractivity contribution in [2.75, 3.05) is 14.2 Å². The number of ketones is 1. The number of rotatable bonds is 8. The van der Waals surface area contributed by atoms with Gasteiger partial charge in [-0.15, -0.1) is 10.2 Å². The van der Waals surface area contributed by atoms with Gasteiger partial charge in [-0.3, -0.25) is 4.79 Å². The first-order valence-electron chi connectivity index (χ1n) is 15.0. The lowest BCUT2D eigenvalue weighted by atomic mass is 9.86. The van der Waals surface area contributed by atoms with Crippen LogP contribution in [0.25, 0.3) is 34.2 Å². The largest absolute Gasteiger partial charge is 0.496 e. The van der Waals surface area contributed by atoms with E-state index in [0.29, 0.717) is 13.1 Å². The Hall–Kier alpha value is -5.57. The van der Waals surface area contributed by atoms with Gasteiger partial charge in [-0.2, -0.15) is 0 Å². The van der Waals surface area contributed by atoms with Crippen molar-refractivity contribution in [2.45, 2.75) is 32.4 Å². The zero-order valence-corrected chi connectivity index (χ0v) is 25.2. The molecule has 0 aliphatic heterocycles. The molecule has 1 aliphatic carbocycles. The van der Waals surface area contributed by atoms with Crippen molar-refractivity contribution in [3.8, 4) is 11.5 Å². The van der Waals surface area contributed by atoms with Gasteiger partial charge in [0.25, 0.3) is 0 Å². The zero-order chi connectivity index (χ0) is 30.8. The van der Waals surface area contributed by atoms with Gasteiger partial charge in [0.2, 0.25) is 0 Å². The number of carbonyl (C=O) groups is 1. The average molecular weight is 597 g/mol. The second kappa shape index (κ2) is 12.2. The molecule has 0 N–H and O–H groups in total. The van der Waals surface area contributed by atoms with E-state index in [1.807, 2.05) is 94.3 Å². The third-order valence-electron chi connectivity index (χ3n) is 8.25. The molecule has 0 bridgehead atoms. The Labute approximate surface area is 260 Å². The van der Waals surface area contributed by atoms with Crippen LogP contribution in [0, 0.1) is 0 Å². The Balaban J connectivity index is 1.15. The molecule has 6 aromatic rings. The lowest BCUT2D eigenvalue weighted by molar-refractivity contribution is -0.112. The van der Waals surface area contributed by atoms with E-state index in [4.69, 9.17) is 9.47 Å². The van der Waals surface area contributed by atoms with Crippen LogP contribution in [-0.4, -0.2) is 50.0 Å². The fourth-order valence-corrected chi connectivity index (χ4v) is 6.00. The first kappa shape index (κ1) is 28.2. The van der Waals surface area contributed by atoms with Gasteiger partial charge in [-0.25, -0.2) is 9.36 Å². The van der Waals surface area contributed by atoms with E-state index in [9.17, 15) is 4.79 Å². The lowest BCUT2D eigenvalue weighted by Crippen LogP contribution is -2.12. The Morgan fingerprint density at radius 2 is 1.13 bits per heavy atom. The standard InChI is InChI=1S/C36H32N6O3/c1-44-34-16-14-24(20-28(34)22-41-32-12-5-3-10-30(32)37-39-41)18-26-8-7-9-27(36(26)43)19-25-15-17-35(45-2)29(21-25)23-42-33-13-6-4-11-31(33)38-40-42/h3-6,10-21H,7-9,22-23H2,1-2H3. The number of Topliss-reactive ketones (excluding diaryl/α,β-unsaturated/α-hetero) is 1. The molecule has 0 atom stereocenters. The number of allylic oxidation sites excluding steroid dienone is 2. The molecular weight excluding hydrogens is 564 g/mol. The van der Waals surface area contributed by atoms with E-state index < -0.39 is 0 Å². The van der Waals surface area contributed by atoms with Crippen molar-refractivity contribution in [3.63, 3.8) is 0 Å². The highest BCUT2D eigenvalue weighted by atomic mass is 16.5. The molecule has 4 aromatic carbocycles. The topological polar surface area (TPSA) is 97.0 Å². The van der Waals surface area contributed by atoms with Gasteiger partial charge in [-0.05, 0) is 91.1 Å². The molecule has 0 radical (unpaired) electrons. The molecule has 0 spiro atoms. The average Bonchev–Trinajstić information content (AvgIpc) is 3.67. The highest BCUT2D eigenvalue weighted by molar-refractivity contribution is 6.14. The summed E-state index contributed by atoms with van der Waals surface area (Å²) in [5.74, 6) is 1.61. The summed E-state index contributed by atoms with van der Waals surface area (Å²) in [6.07, 6.45) is 6.39. The number of ether oxygens (including phenoxy) is 2. The van der Waals surface area contributed by atoms with Crippen molar-refractivity contribution in [2.24, 2.45) is 0 Å². The molecule has 1 aliphatic rings. The summed E-state index contributed by atoms with van der Waals surface area (Å²) in [5.41, 5.74) is 9.04. The van der Waals surface area contributed by atoms with Gasteiger partial charge in [0.1, 0.15) is 22.5 Å². The fourth-order valence-electron chi connectivity index (χ4n) is 6.00. The Morgan fingerprint density at radius 3 is 1.60 bits per heavy atom. The van der Waals surface area contributed by atoms with E-state index in [0.717, 1.165) is 86.2 Å². The van der Waals surface area contributed by atoms with Gasteiger partial charge < -0.3 is 9.47 Å². The van der Waals surface area contributed by atoms with Gasteiger partial charge >= 0.3 is 0 Å². The highest BCUT2D eigenvalue weighted by Gasteiger charge is 2.21. The maximum absolute atomic E-state index is 13.7. The molecule has 2 heterocycles. The number of para-hydroxylation sites is 2. The number of benzene rings is 4. The van der Waals surface area contributed by atoms with Crippen LogP contribution in [0.2, 0.25) is 0 Å². The second-order valence-electron chi connectivity index (χ2n) is 11.1. The molecule has 0 unspecified atom stereocenters. The van der Waals surface area contributed by atoms with Crippen LogP contribution in [0.4, 0.5) is 0 Å². The lowest BCUT2D eigenvalue weighted by Gasteiger charge is -2.17. The summed E-state index contributed by atoms with van der Waals surface area (Å²) >= 11 is 0. The molecule has 1 saturated carbocycles. The Morgan fingerprint density at radius 1 is 0.667 bits per heavy atom. The molecule has 7 rings (SSSR count). The molecule has 224 valence electrons. The molecule has 9 heteroatoms. The molecule has 9 nitrogen and oxygen atoms in total. The van der Waals surface area contributed by atoms with Crippen LogP contribution in [0.3, 0.4) is 0 Å². The summed E-state index contributed by atoms with van der Waals surface area (Å²) < 4.78 is 15.1. The van der Waals surface area contributed by atoms with Crippen molar-refractivity contribution >= 4 is 40.0 Å². The van der Waals surface area contributed by atoms with Crippen LogP contribution in [0.15, 0.2) is 96.1 Å². The van der Waals surface area contributed by atoms with Crippen molar-refractivity contribution in [1.29, 1.82) is 0 Å². The van der Waals surface area contributed by atoms with Crippen molar-refractivity contribution in [3.05, 3.63) is 118 Å². The van der Waals surface area contributed by atoms with E-state index >= 15 is 0 Å². The minimum absolute atomic E-state index is 0.0838. The number of hydrogen-bond donors (Lipinski definition) is 0. The summed E-state index contributed by atoms with van der Waals surface area (Å²) in [6.45, 7) is 1.01. The van der Waals surface area contributed by atoms with Crippen molar-refractivity contribution < 1.29 is 14.3 Å². The molecule has 45 heavy (non-hydrogen) atoms. The minimum Gasteiger partial charge on any atom is -0.496 e. The number of fused-ring (bicyclic) bond motifs is 2. The molecule has 0 saturated heterocycles. The normalized spacial score (nSPS) is 15.4. The van der Waals surface area contributed by atoms with Gasteiger partial charge in [0.05, 0.1) is 38.3 Å². The zero-order valence-electron chi connectivity index (χ0n) is 25.2. The monoisotopic (exact) mass is 596 g/mol. The van der Waals surface area contributed by atoms with Gasteiger partial charge in [-0.1, -0.05) is 46.8 Å². The van der Waals surface area contributed by atoms with Crippen LogP contribution >= 0.6 is 0 Å². The summed E-state index contributed by atoms with van der Waals surface area (Å²) in [7, 11) is 3.33. The third kappa shape index (κ3) is 5.72. The number of nitrogens with zero attached hydrogens (tertiary/aromatic N) is 6. The Bertz CT molecular complexity index is 1960. The predicted molar refractivity (Wildman–Crippen MR) is 174 cm³/mol. The quantitative estimate of drug-likeness (QED) is 0.185. The van der Waals surface area contributed by atoms with E-state index in [1.165, 1.54) is 0 Å². The second-order valence-corrected chi connectivity index (χ2v) is 11.1. The van der Waals surface area contributed by atoms with Crippen LogP contribution < -0.4 is 9.47 Å². The first-order valence-corrected chi connectivity index (χ1v) is 15.0. The van der Waals surface area contributed by atoms with E-state index in [2.05, 4.69) is 32.8 Å². The fraction of sp³-hybridized carbons (Fsp3) is 0.194. The van der Waals surface area contributed by atoms with E-state index in [1.54, 1.807) is 14.2 Å². The van der Waals surface area contributed by atoms with Crippen LogP contribution in [0.5, 0.6) is 11.5 Å². The molecule has 2 aromatic heterocycles. The maximum atomic E-state index is 13.7. The molecular formula is C36H32N6O3. The van der Waals surface area contributed by atoms with Gasteiger partial charge in [0, 0.05) is 22.3 Å². The first-order chi connectivity index (χ1) is 22.1. The number of hydrogen-bond acceptors (Lipinski definition) is 7. The summed E-state index contributed by atoms with van der Waals surface area (Å²) in [4.78, 5) is 13.7. The Kier molecular flexibility index (Phi) is 7.65. The van der Waals surface area contributed by atoms with E-state index in [-0.39, 0.29) is 5.78 Å². The third-order valence-corrected chi connectivity index (χ3v) is 8.25. The maximum Gasteiger partial charge on any atom is 0.185 e. The smallest absolute Gasteiger partial charge is 0.185 e. The molecule has 1 fully saturated rings. The number of carbonyl (C=O) groups excluding carboxylic acids is 1.